The Balaban J connectivity index is 7.06. The van der Waals surface area contributed by atoms with Gasteiger partial charge in [-0.2, -0.15) is 0 Å². The minimum Gasteiger partial charge on any atom is -0.481 e. The minimum absolute atomic E-state index is 0.0239. The normalized spacial score (nSPS) is 14.9. The van der Waals surface area contributed by atoms with Gasteiger partial charge in [0.05, 0.1) is 45.4 Å². The highest BCUT2D eigenvalue weighted by molar-refractivity contribution is 6.03. The Morgan fingerprint density at radius 3 is 0.846 bits per heavy atom. The molecule has 21 amide bonds. The van der Waals surface area contributed by atoms with Crippen molar-refractivity contribution in [3.05, 3.63) is 0 Å². The number of nitrogens with two attached hydrogens (primary N) is 8. The van der Waals surface area contributed by atoms with Crippen molar-refractivity contribution in [2.75, 3.05) is 65.6 Å². The van der Waals surface area contributed by atoms with E-state index in [1.807, 2.05) is 5.32 Å². The zero-order chi connectivity index (χ0) is 113. The van der Waals surface area contributed by atoms with Gasteiger partial charge in [0.1, 0.15) is 103 Å². The van der Waals surface area contributed by atoms with Crippen LogP contribution < -0.4 is 147 Å². The largest absolute Gasteiger partial charge is 0.481 e. The molecule has 0 bridgehead atoms. The number of hydrogen-bond acceptors (Lipinski definition) is 34. The van der Waals surface area contributed by atoms with Gasteiger partial charge < -0.3 is 183 Å². The van der Waals surface area contributed by atoms with Gasteiger partial charge in [0, 0.05) is 25.7 Å². The Morgan fingerprint density at radius 1 is 0.262 bits per heavy atom. The number of rotatable bonds is 81. The standard InChI is InChI=1S/C90H159N27O32/c1-9-47(6)72(89(147)112-60(39-65(98)122)84(142)105-53(23-13-18-36-94)80(138)114-63(44-120)87(145)110-58(90(148)149)28-32-70(129)130)116-67(124)41-100-76(134)55(26-30-68(125)126)107-81(139)57(27-31-69(127)128)108-78(136)54(24-14-19-37-95)109-88(146)71(46(4)5)117-82(140)56(25-29-64(97)121)102-66(123)40-99-75(133)50(20-10-15-33-91)103-85(143)61(42-118)113-79(137)52(22-12-17-35-93)104-77(135)51(21-11-16-34-92)106-86(144)62(43-119)115-83(141)59(38-45(2)3)111-74(132)49(8)101-73(131)48(7)96/h45-63,71-72,118-120H,9-44,91-96H2,1-8H3,(H2,97,121)(H2,98,122)(H,99,133)(H,100,134)(H,101,131)(H,102,123)(H,103,143)(H,104,135)(H,105,142)(H,106,144)(H,107,139)(H,108,136)(H,109,146)(H,110,145)(H,111,132)(H,112,147)(H,113,137)(H,114,138)(H,115,141)(H,116,124)(H,117,140)(H,125,126)(H,127,128)(H,129,130)(H,148,149)/t47-,48-,49-,50-,51-,52-,53-,54-,55-,56-,57-,58-,59-,60-,61-,62-,63-,71-,72-/m0/s1. The zero-order valence-corrected chi connectivity index (χ0v) is 85.5. The maximum Gasteiger partial charge on any atom is 0.326 e. The van der Waals surface area contributed by atoms with E-state index in [0.29, 0.717) is 12.8 Å². The molecular weight excluding hydrogens is 1970 g/mol. The van der Waals surface area contributed by atoms with Crippen molar-refractivity contribution < 1.29 is 156 Å². The molecule has 846 valence electrons. The van der Waals surface area contributed by atoms with Crippen molar-refractivity contribution in [3.63, 3.8) is 0 Å². The van der Waals surface area contributed by atoms with E-state index < -0.39 is 359 Å². The summed E-state index contributed by atoms with van der Waals surface area (Å²) in [7, 11) is 0. The van der Waals surface area contributed by atoms with Crippen LogP contribution in [-0.4, -0.2) is 358 Å². The molecular formula is C90H159N27O32. The summed E-state index contributed by atoms with van der Waals surface area (Å²) in [5.74, 6) is -31.1. The third-order valence-electron chi connectivity index (χ3n) is 22.9. The average molecular weight is 2130 g/mol. The number of primary amides is 2. The Hall–Kier alpha value is -13.6. The molecule has 0 aromatic heterocycles. The molecule has 0 rings (SSSR count). The topological polar surface area (TPSA) is 1010 Å². The van der Waals surface area contributed by atoms with Crippen molar-refractivity contribution in [1.82, 2.24) is 101 Å². The third-order valence-corrected chi connectivity index (χ3v) is 22.9. The van der Waals surface area contributed by atoms with E-state index in [9.17, 15) is 151 Å². The van der Waals surface area contributed by atoms with E-state index >= 15 is 0 Å². The molecule has 0 saturated carbocycles. The molecule has 59 heteroatoms. The molecule has 42 N–H and O–H groups in total. The highest BCUT2D eigenvalue weighted by Gasteiger charge is 2.41. The van der Waals surface area contributed by atoms with Crippen molar-refractivity contribution >= 4 is 148 Å². The fourth-order valence-corrected chi connectivity index (χ4v) is 14.2. The quantitative estimate of drug-likeness (QED) is 0.0251. The van der Waals surface area contributed by atoms with E-state index in [1.54, 1.807) is 20.8 Å². The van der Waals surface area contributed by atoms with E-state index in [4.69, 9.17) is 51.0 Å². The second-order valence-electron chi connectivity index (χ2n) is 36.4. The van der Waals surface area contributed by atoms with Crippen LogP contribution in [0.1, 0.15) is 222 Å². The summed E-state index contributed by atoms with van der Waals surface area (Å²) in [6.45, 7) is 7.28. The van der Waals surface area contributed by atoms with Gasteiger partial charge >= 0.3 is 23.9 Å². The fraction of sp³-hybridized carbons (Fsp3) is 0.722. The first-order chi connectivity index (χ1) is 70.1. The van der Waals surface area contributed by atoms with Crippen molar-refractivity contribution in [1.29, 1.82) is 0 Å². The van der Waals surface area contributed by atoms with Gasteiger partial charge in [-0.15, -0.1) is 0 Å². The summed E-state index contributed by atoms with van der Waals surface area (Å²) >= 11 is 0. The van der Waals surface area contributed by atoms with E-state index in [1.165, 1.54) is 34.6 Å². The maximum atomic E-state index is 14.5. The van der Waals surface area contributed by atoms with Gasteiger partial charge in [-0.1, -0.05) is 48.0 Å². The predicted octanol–water partition coefficient (Wildman–Crippen LogP) is -13.0. The lowest BCUT2D eigenvalue weighted by molar-refractivity contribution is -0.144. The van der Waals surface area contributed by atoms with Gasteiger partial charge in [0.2, 0.25) is 124 Å². The molecule has 0 fully saturated rings. The highest BCUT2D eigenvalue weighted by Crippen LogP contribution is 2.17. The zero-order valence-electron chi connectivity index (χ0n) is 85.5. The van der Waals surface area contributed by atoms with Crippen LogP contribution in [0.2, 0.25) is 0 Å². The van der Waals surface area contributed by atoms with Gasteiger partial charge in [-0.05, 0) is 193 Å². The molecule has 0 unspecified atom stereocenters. The molecule has 19 atom stereocenters. The number of carbonyl (C=O) groups is 25. The number of carbonyl (C=O) groups excluding carboxylic acids is 21. The molecule has 0 heterocycles. The summed E-state index contributed by atoms with van der Waals surface area (Å²) in [5, 5.41) is 114. The third kappa shape index (κ3) is 55.8. The number of carboxylic acid groups (broad SMARTS) is 4. The molecule has 0 radical (unpaired) electrons. The Morgan fingerprint density at radius 2 is 0.530 bits per heavy atom. The van der Waals surface area contributed by atoms with Crippen LogP contribution in [0, 0.1) is 17.8 Å². The fourth-order valence-electron chi connectivity index (χ4n) is 14.2. The molecule has 149 heavy (non-hydrogen) atoms. The maximum absolute atomic E-state index is 14.5. The lowest BCUT2D eigenvalue weighted by atomic mass is 9.97. The Labute approximate surface area is 861 Å². The summed E-state index contributed by atoms with van der Waals surface area (Å²) < 4.78 is 0. The van der Waals surface area contributed by atoms with Crippen molar-refractivity contribution in [2.24, 2.45) is 63.6 Å². The highest BCUT2D eigenvalue weighted by atomic mass is 16.4. The first-order valence-electron chi connectivity index (χ1n) is 49.4. The van der Waals surface area contributed by atoms with Crippen LogP contribution in [0.25, 0.3) is 0 Å². The summed E-state index contributed by atoms with van der Waals surface area (Å²) in [4.78, 5) is 336. The van der Waals surface area contributed by atoms with Gasteiger partial charge in [0.25, 0.3) is 0 Å². The number of carboxylic acids is 4. The number of aliphatic hydroxyl groups excluding tert-OH is 3. The van der Waals surface area contributed by atoms with Crippen LogP contribution >= 0.6 is 0 Å². The van der Waals surface area contributed by atoms with Crippen LogP contribution in [0.15, 0.2) is 0 Å². The number of unbranched alkanes of at least 4 members (excludes halogenated alkanes) is 5. The summed E-state index contributed by atoms with van der Waals surface area (Å²) in [6, 6.07) is -29.4. The first-order valence-corrected chi connectivity index (χ1v) is 49.4. The molecule has 0 aliphatic rings. The van der Waals surface area contributed by atoms with Gasteiger partial charge in [-0.25, -0.2) is 4.79 Å². The van der Waals surface area contributed by atoms with Crippen LogP contribution in [0.5, 0.6) is 0 Å². The Kier molecular flexibility index (Phi) is 67.5. The second kappa shape index (κ2) is 74.3. The smallest absolute Gasteiger partial charge is 0.326 e. The molecule has 0 aromatic carbocycles. The predicted molar refractivity (Wildman–Crippen MR) is 528 cm³/mol. The Bertz CT molecular complexity index is 4420. The monoisotopic (exact) mass is 2130 g/mol. The number of aliphatic carboxylic acids is 4. The molecule has 0 aromatic rings. The minimum atomic E-state index is -1.94. The second-order valence-corrected chi connectivity index (χ2v) is 36.4. The molecule has 0 spiro atoms. The summed E-state index contributed by atoms with van der Waals surface area (Å²) in [5.41, 5.74) is 45.2. The lowest BCUT2D eigenvalue weighted by Crippen LogP contribution is -2.61. The molecule has 0 saturated heterocycles. The molecule has 0 aliphatic carbocycles. The average Bonchev–Trinajstić information content (AvgIpc) is 0.854. The van der Waals surface area contributed by atoms with Crippen molar-refractivity contribution in [2.45, 2.75) is 331 Å². The van der Waals surface area contributed by atoms with E-state index in [-0.39, 0.29) is 135 Å². The summed E-state index contributed by atoms with van der Waals surface area (Å²) in [6.07, 6.45) is -5.36. The molecule has 59 nitrogen and oxygen atoms in total. The van der Waals surface area contributed by atoms with Gasteiger partial charge in [-0.3, -0.25) is 115 Å². The lowest BCUT2D eigenvalue weighted by Gasteiger charge is -2.28. The number of aliphatic hydroxyl groups is 3. The number of hydrogen-bond donors (Lipinski definition) is 34. The van der Waals surface area contributed by atoms with Crippen LogP contribution in [0.3, 0.4) is 0 Å². The van der Waals surface area contributed by atoms with Crippen LogP contribution in [-0.2, 0) is 120 Å². The van der Waals surface area contributed by atoms with Crippen LogP contribution in [0.4, 0.5) is 0 Å². The van der Waals surface area contributed by atoms with E-state index in [2.05, 4.69) is 95.7 Å². The van der Waals surface area contributed by atoms with Gasteiger partial charge in [0.15, 0.2) is 0 Å². The molecule has 0 aliphatic heterocycles. The number of nitrogens with one attached hydrogen (secondary N) is 19. The first kappa shape index (κ1) is 135. The van der Waals surface area contributed by atoms with E-state index in [0.717, 1.165) is 0 Å². The van der Waals surface area contributed by atoms with Crippen molar-refractivity contribution in [3.8, 4) is 0 Å². The SMILES string of the molecule is CC[C@H](C)[C@H](NC(=O)CNC(=O)[C@H](CCC(=O)O)NC(=O)[C@H](CCC(=O)O)NC(=O)[C@H](CCCCN)NC(=O)[C@@H](NC(=O)[C@H](CCC(N)=O)NC(=O)CNC(=O)[C@H](CCCCN)NC(=O)[C@H](CO)NC(=O)[C@H](CCCCN)NC(=O)[C@H](CCCCN)NC(=O)[C@H](CO)NC(=O)[C@H](CC(C)C)NC(=O)[C@H](C)NC(=O)[C@H](C)N)C(C)C)C(=O)N[C@@H](CC(N)=O)C(=O)N[C@@H](CCCCN)C(=O)N[C@@H](CO)C(=O)N[C@@H](CCC(=O)O)C(=O)O. The number of amides is 21.